The maximum atomic E-state index is 9.92. The number of fused-ring (bicyclic) bond motifs is 15. The van der Waals surface area contributed by atoms with Gasteiger partial charge in [0.2, 0.25) is 0 Å². The number of nitrogens with zero attached hydrogens (tertiary/aromatic N) is 6. The average molecular weight is 715 g/mol. The Kier molecular flexibility index (Phi) is 5.99. The molecule has 12 rings (SSSR count). The van der Waals surface area contributed by atoms with Gasteiger partial charge in [-0.25, -0.2) is 0 Å². The van der Waals surface area contributed by atoms with Gasteiger partial charge in [0.15, 0.2) is 11.5 Å². The van der Waals surface area contributed by atoms with E-state index in [-0.39, 0.29) is 0 Å². The van der Waals surface area contributed by atoms with E-state index < -0.39 is 5.41 Å². The quantitative estimate of drug-likeness (QED) is 0.178. The van der Waals surface area contributed by atoms with E-state index in [1.807, 2.05) is 60.9 Å². The number of nitriles is 2. The molecular weight excluding hydrogens is 689 g/mol. The van der Waals surface area contributed by atoms with Crippen molar-refractivity contribution in [2.45, 2.75) is 5.41 Å². The van der Waals surface area contributed by atoms with Crippen molar-refractivity contribution in [1.29, 1.82) is 10.5 Å². The SMILES string of the molecule is N#Cc1ccc2c(c1)c1cc(C#N)ccc1n2-c1cccc2c1Oc1c(-n3c4ccccc4c4ccccc43)cccc1C21c2cccnc2-c2ncccc21. The fourth-order valence-corrected chi connectivity index (χ4v) is 9.58. The molecule has 0 amide bonds. The molecule has 2 aliphatic rings. The third kappa shape index (κ3) is 3.73. The molecule has 0 N–H and O–H groups in total. The van der Waals surface area contributed by atoms with Gasteiger partial charge in [-0.2, -0.15) is 10.5 Å². The molecule has 1 aliphatic heterocycles. The van der Waals surface area contributed by atoms with Crippen molar-refractivity contribution in [2.24, 2.45) is 0 Å². The lowest BCUT2D eigenvalue weighted by Crippen LogP contribution is -2.33. The number of hydrogen-bond acceptors (Lipinski definition) is 5. The summed E-state index contributed by atoms with van der Waals surface area (Å²) in [5.74, 6) is 1.44. The second-order valence-electron chi connectivity index (χ2n) is 14.4. The zero-order valence-electron chi connectivity index (χ0n) is 29.6. The van der Waals surface area contributed by atoms with E-state index in [0.29, 0.717) is 16.9 Å². The van der Waals surface area contributed by atoms with Gasteiger partial charge in [0, 0.05) is 45.1 Å². The van der Waals surface area contributed by atoms with Gasteiger partial charge in [0.1, 0.15) is 0 Å². The van der Waals surface area contributed by atoms with Gasteiger partial charge in [-0.05, 0) is 83.9 Å². The second kappa shape index (κ2) is 11.0. The number of pyridine rings is 2. The van der Waals surface area contributed by atoms with E-state index >= 15 is 0 Å². The molecule has 4 aromatic heterocycles. The summed E-state index contributed by atoms with van der Waals surface area (Å²) in [5.41, 5.74) is 11.7. The van der Waals surface area contributed by atoms with Crippen LogP contribution < -0.4 is 4.74 Å². The number of rotatable bonds is 2. The van der Waals surface area contributed by atoms with Gasteiger partial charge < -0.3 is 13.9 Å². The summed E-state index contributed by atoms with van der Waals surface area (Å²) in [6.07, 6.45) is 3.68. The van der Waals surface area contributed by atoms with Gasteiger partial charge >= 0.3 is 0 Å². The Balaban J connectivity index is 1.25. The summed E-state index contributed by atoms with van der Waals surface area (Å²) in [4.78, 5) is 9.94. The van der Waals surface area contributed by atoms with Crippen LogP contribution in [0, 0.1) is 22.7 Å². The van der Waals surface area contributed by atoms with Gasteiger partial charge in [0.05, 0.1) is 73.5 Å². The van der Waals surface area contributed by atoms with Crippen LogP contribution in [0.15, 0.2) is 158 Å². The second-order valence-corrected chi connectivity index (χ2v) is 14.4. The summed E-state index contributed by atoms with van der Waals surface area (Å²) in [6, 6.07) is 54.3. The lowest BCUT2D eigenvalue weighted by Gasteiger charge is -2.40. The minimum Gasteiger partial charge on any atom is -0.452 e. The van der Waals surface area contributed by atoms with Crippen molar-refractivity contribution in [1.82, 2.24) is 19.1 Å². The predicted molar refractivity (Wildman–Crippen MR) is 218 cm³/mol. The van der Waals surface area contributed by atoms with E-state index in [2.05, 4.69) is 118 Å². The van der Waals surface area contributed by atoms with Crippen LogP contribution >= 0.6 is 0 Å². The topological polar surface area (TPSA) is 92.4 Å². The smallest absolute Gasteiger partial charge is 0.156 e. The normalized spacial score (nSPS) is 13.2. The van der Waals surface area contributed by atoms with Crippen LogP contribution in [0.2, 0.25) is 0 Å². The van der Waals surface area contributed by atoms with Gasteiger partial charge in [-0.3, -0.25) is 9.97 Å². The Morgan fingerprint density at radius 1 is 0.446 bits per heavy atom. The highest BCUT2D eigenvalue weighted by molar-refractivity contribution is 6.11. The summed E-state index contributed by atoms with van der Waals surface area (Å²) >= 11 is 0. The first-order chi connectivity index (χ1) is 27.7. The molecule has 56 heavy (non-hydrogen) atoms. The zero-order chi connectivity index (χ0) is 37.1. The van der Waals surface area contributed by atoms with Crippen molar-refractivity contribution < 1.29 is 4.74 Å². The molecule has 0 atom stereocenters. The molecule has 1 aliphatic carbocycles. The molecule has 10 aromatic rings. The molecule has 7 heteroatoms. The third-order valence-corrected chi connectivity index (χ3v) is 11.7. The average Bonchev–Trinajstić information content (AvgIpc) is 3.87. The maximum absolute atomic E-state index is 9.92. The summed E-state index contributed by atoms with van der Waals surface area (Å²) < 4.78 is 12.0. The van der Waals surface area contributed by atoms with Crippen LogP contribution in [-0.2, 0) is 5.41 Å². The van der Waals surface area contributed by atoms with E-state index in [4.69, 9.17) is 14.7 Å². The van der Waals surface area contributed by atoms with Crippen molar-refractivity contribution in [2.75, 3.05) is 0 Å². The Labute approximate surface area is 320 Å². The summed E-state index contributed by atoms with van der Waals surface area (Å²) in [6.45, 7) is 0. The minimum atomic E-state index is -0.832. The van der Waals surface area contributed by atoms with Crippen LogP contribution in [0.3, 0.4) is 0 Å². The highest BCUT2D eigenvalue weighted by Gasteiger charge is 2.53. The summed E-state index contributed by atoms with van der Waals surface area (Å²) in [7, 11) is 0. The molecule has 0 saturated heterocycles. The largest absolute Gasteiger partial charge is 0.452 e. The Morgan fingerprint density at radius 3 is 1.38 bits per heavy atom. The molecule has 0 bridgehead atoms. The molecule has 0 saturated carbocycles. The van der Waals surface area contributed by atoms with Crippen molar-refractivity contribution in [3.8, 4) is 46.4 Å². The molecule has 5 heterocycles. The zero-order valence-corrected chi connectivity index (χ0v) is 29.6. The fraction of sp³-hybridized carbons (Fsp3) is 0.0204. The lowest BCUT2D eigenvalue weighted by atomic mass is 9.66. The maximum Gasteiger partial charge on any atom is 0.156 e. The number of para-hydroxylation sites is 4. The van der Waals surface area contributed by atoms with Crippen molar-refractivity contribution in [3.63, 3.8) is 0 Å². The highest BCUT2D eigenvalue weighted by Crippen LogP contribution is 2.63. The predicted octanol–water partition coefficient (Wildman–Crippen LogP) is 10.9. The first-order valence-electron chi connectivity index (χ1n) is 18.4. The number of hydrogen-bond donors (Lipinski definition) is 0. The van der Waals surface area contributed by atoms with E-state index in [1.165, 1.54) is 0 Å². The molecule has 0 radical (unpaired) electrons. The van der Waals surface area contributed by atoms with Crippen LogP contribution in [-0.4, -0.2) is 19.1 Å². The molecular formula is C49H26N6O. The van der Waals surface area contributed by atoms with E-state index in [0.717, 1.165) is 94.4 Å². The minimum absolute atomic E-state index is 0.549. The van der Waals surface area contributed by atoms with Crippen LogP contribution in [0.25, 0.3) is 66.4 Å². The van der Waals surface area contributed by atoms with Crippen LogP contribution in [0.5, 0.6) is 11.5 Å². The fourth-order valence-electron chi connectivity index (χ4n) is 9.58. The molecule has 0 unspecified atom stereocenters. The molecule has 258 valence electrons. The highest BCUT2D eigenvalue weighted by atomic mass is 16.5. The van der Waals surface area contributed by atoms with Crippen LogP contribution in [0.4, 0.5) is 0 Å². The first-order valence-corrected chi connectivity index (χ1v) is 18.4. The first kappa shape index (κ1) is 30.5. The van der Waals surface area contributed by atoms with E-state index in [9.17, 15) is 10.5 Å². The lowest BCUT2D eigenvalue weighted by molar-refractivity contribution is 0.433. The van der Waals surface area contributed by atoms with Gasteiger partial charge in [-0.15, -0.1) is 0 Å². The summed E-state index contributed by atoms with van der Waals surface area (Å²) in [5, 5.41) is 23.9. The molecule has 0 fully saturated rings. The molecule has 6 aromatic carbocycles. The molecule has 1 spiro atoms. The number of aromatic nitrogens is 4. The number of benzene rings is 6. The van der Waals surface area contributed by atoms with Crippen LogP contribution in [0.1, 0.15) is 33.4 Å². The van der Waals surface area contributed by atoms with Crippen molar-refractivity contribution in [3.05, 3.63) is 191 Å². The van der Waals surface area contributed by atoms with Gasteiger partial charge in [0.25, 0.3) is 0 Å². The monoisotopic (exact) mass is 714 g/mol. The number of ether oxygens (including phenoxy) is 1. The Hall–Kier alpha value is -8.00. The third-order valence-electron chi connectivity index (χ3n) is 11.7. The Bertz CT molecular complexity index is 3280. The standard InChI is InChI=1S/C49H26N6O/c50-27-29-19-21-41-33(25-29)34-26-30(28-51)20-22-42(34)55(41)44-18-6-12-38-48(44)56-47-37(49(38)35-13-7-23-52-45(35)46-36(49)14-8-24-53-46)11-5-17-43(47)54-39-15-3-1-9-31(39)32-10-2-4-16-40(32)54/h1-26H. The van der Waals surface area contributed by atoms with Gasteiger partial charge in [-0.1, -0.05) is 72.8 Å². The van der Waals surface area contributed by atoms with E-state index in [1.54, 1.807) is 0 Å². The Morgan fingerprint density at radius 2 is 0.893 bits per heavy atom. The molecule has 7 nitrogen and oxygen atoms in total. The van der Waals surface area contributed by atoms with Crippen molar-refractivity contribution >= 4 is 43.6 Å².